The highest BCUT2D eigenvalue weighted by Gasteiger charge is 2.24. The highest BCUT2D eigenvalue weighted by Crippen LogP contribution is 2.39. The van der Waals surface area contributed by atoms with Crippen LogP contribution in [0.2, 0.25) is 5.02 Å². The molecule has 4 nitrogen and oxygen atoms in total. The minimum absolute atomic E-state index is 0.0805. The number of fused-ring (bicyclic) bond motifs is 1. The predicted octanol–water partition coefficient (Wildman–Crippen LogP) is 3.81. The number of anilines is 1. The molecule has 0 bridgehead atoms. The molecule has 1 aliphatic heterocycles. The van der Waals surface area contributed by atoms with Gasteiger partial charge in [0.1, 0.15) is 5.00 Å². The molecular weight excluding hydrogens is 296 g/mol. The van der Waals surface area contributed by atoms with E-state index in [1.807, 2.05) is 31.2 Å². The van der Waals surface area contributed by atoms with E-state index in [-0.39, 0.29) is 12.1 Å². The maximum absolute atomic E-state index is 12.3. The Balaban J connectivity index is 1.82. The van der Waals surface area contributed by atoms with Gasteiger partial charge in [0, 0.05) is 16.6 Å². The maximum Gasteiger partial charge on any atom is 0.322 e. The smallest absolute Gasteiger partial charge is 0.322 e. The van der Waals surface area contributed by atoms with Gasteiger partial charge in [0.2, 0.25) is 0 Å². The molecule has 0 unspecified atom stereocenters. The van der Waals surface area contributed by atoms with E-state index in [1.165, 1.54) is 11.3 Å². The second kappa shape index (κ2) is 5.60. The zero-order chi connectivity index (χ0) is 14.1. The molecule has 1 atom stereocenters. The third-order valence-electron chi connectivity index (χ3n) is 3.38. The van der Waals surface area contributed by atoms with Crippen molar-refractivity contribution < 1.29 is 9.53 Å². The van der Waals surface area contributed by atoms with Gasteiger partial charge in [0.05, 0.1) is 24.3 Å². The minimum Gasteiger partial charge on any atom is -0.377 e. The lowest BCUT2D eigenvalue weighted by atomic mass is 10.2. The molecule has 1 aromatic heterocycles. The molecular formula is C14H15ClN2O2S. The third kappa shape index (κ3) is 2.49. The van der Waals surface area contributed by atoms with Crippen LogP contribution in [0.15, 0.2) is 24.3 Å². The van der Waals surface area contributed by atoms with Crippen LogP contribution in [-0.2, 0) is 4.74 Å². The molecule has 3 rings (SSSR count). The van der Waals surface area contributed by atoms with Gasteiger partial charge in [-0.15, -0.1) is 11.3 Å². The fourth-order valence-corrected chi connectivity index (χ4v) is 3.66. The lowest BCUT2D eigenvalue weighted by Crippen LogP contribution is -2.48. The molecule has 1 saturated heterocycles. The van der Waals surface area contributed by atoms with Crippen LogP contribution in [0.1, 0.15) is 6.92 Å². The normalized spacial score (nSPS) is 19.3. The summed E-state index contributed by atoms with van der Waals surface area (Å²) in [4.78, 5) is 14.1. The van der Waals surface area contributed by atoms with Crippen molar-refractivity contribution in [2.75, 3.05) is 25.1 Å². The summed E-state index contributed by atoms with van der Waals surface area (Å²) in [6, 6.07) is 7.83. The van der Waals surface area contributed by atoms with Gasteiger partial charge < -0.3 is 9.64 Å². The average Bonchev–Trinajstić information content (AvgIpc) is 2.76. The van der Waals surface area contributed by atoms with Crippen LogP contribution < -0.4 is 5.32 Å². The number of hydrogen-bond donors (Lipinski definition) is 1. The Bertz CT molecular complexity index is 643. The van der Waals surface area contributed by atoms with Crippen LogP contribution in [0.3, 0.4) is 0 Å². The molecule has 20 heavy (non-hydrogen) atoms. The van der Waals surface area contributed by atoms with Gasteiger partial charge in [0.15, 0.2) is 0 Å². The van der Waals surface area contributed by atoms with E-state index < -0.39 is 0 Å². The SMILES string of the molecule is C[C@H]1COCCN1C(=O)Nc1sc2ccccc2c1Cl. The van der Waals surface area contributed by atoms with Crippen molar-refractivity contribution in [1.29, 1.82) is 0 Å². The molecule has 2 aromatic rings. The highest BCUT2D eigenvalue weighted by molar-refractivity contribution is 7.23. The number of carbonyl (C=O) groups is 1. The average molecular weight is 311 g/mol. The summed E-state index contributed by atoms with van der Waals surface area (Å²) in [7, 11) is 0. The Morgan fingerprint density at radius 3 is 3.05 bits per heavy atom. The van der Waals surface area contributed by atoms with E-state index >= 15 is 0 Å². The fraction of sp³-hybridized carbons (Fsp3) is 0.357. The summed E-state index contributed by atoms with van der Waals surface area (Å²) < 4.78 is 6.41. The molecule has 6 heteroatoms. The number of halogens is 1. The molecule has 1 N–H and O–H groups in total. The van der Waals surface area contributed by atoms with Crippen LogP contribution in [0.25, 0.3) is 10.1 Å². The number of nitrogens with one attached hydrogen (secondary N) is 1. The Morgan fingerprint density at radius 1 is 1.50 bits per heavy atom. The van der Waals surface area contributed by atoms with Crippen LogP contribution >= 0.6 is 22.9 Å². The van der Waals surface area contributed by atoms with Crippen molar-refractivity contribution in [1.82, 2.24) is 4.90 Å². The topological polar surface area (TPSA) is 41.6 Å². The summed E-state index contributed by atoms with van der Waals surface area (Å²) in [5.41, 5.74) is 0. The van der Waals surface area contributed by atoms with Gasteiger partial charge in [-0.2, -0.15) is 0 Å². The standard InChI is InChI=1S/C14H15ClN2O2S/c1-9-8-19-7-6-17(9)14(18)16-13-12(15)10-4-2-3-5-11(10)20-13/h2-5,9H,6-8H2,1H3,(H,16,18)/t9-/m0/s1. The van der Waals surface area contributed by atoms with Crippen molar-refractivity contribution in [3.8, 4) is 0 Å². The first kappa shape index (κ1) is 13.7. The van der Waals surface area contributed by atoms with E-state index in [2.05, 4.69) is 5.32 Å². The van der Waals surface area contributed by atoms with Gasteiger partial charge in [-0.1, -0.05) is 29.8 Å². The first-order chi connectivity index (χ1) is 9.66. The van der Waals surface area contributed by atoms with Crippen LogP contribution in [-0.4, -0.2) is 36.7 Å². The van der Waals surface area contributed by atoms with Crippen molar-refractivity contribution in [3.63, 3.8) is 0 Å². The molecule has 2 amide bonds. The summed E-state index contributed by atoms with van der Waals surface area (Å²) in [5.74, 6) is 0. The largest absolute Gasteiger partial charge is 0.377 e. The summed E-state index contributed by atoms with van der Waals surface area (Å²) in [6.45, 7) is 3.74. The van der Waals surface area contributed by atoms with Crippen molar-refractivity contribution in [2.24, 2.45) is 0 Å². The van der Waals surface area contributed by atoms with E-state index in [1.54, 1.807) is 4.90 Å². The Labute approximate surface area is 126 Å². The molecule has 1 aliphatic rings. The zero-order valence-corrected chi connectivity index (χ0v) is 12.6. The monoisotopic (exact) mass is 310 g/mol. The van der Waals surface area contributed by atoms with Gasteiger partial charge in [-0.3, -0.25) is 5.32 Å². The zero-order valence-electron chi connectivity index (χ0n) is 11.1. The first-order valence-corrected chi connectivity index (χ1v) is 7.68. The number of thiophene rings is 1. The Kier molecular flexibility index (Phi) is 3.83. The first-order valence-electron chi connectivity index (χ1n) is 6.49. The second-order valence-corrected chi connectivity index (χ2v) is 6.22. The minimum atomic E-state index is -0.116. The third-order valence-corrected chi connectivity index (χ3v) is 4.97. The van der Waals surface area contributed by atoms with Crippen molar-refractivity contribution in [3.05, 3.63) is 29.3 Å². The van der Waals surface area contributed by atoms with Crippen LogP contribution in [0.4, 0.5) is 9.80 Å². The summed E-state index contributed by atoms with van der Waals surface area (Å²) in [6.07, 6.45) is 0. The number of ether oxygens (including phenoxy) is 1. The van der Waals surface area contributed by atoms with E-state index in [9.17, 15) is 4.79 Å². The number of benzene rings is 1. The van der Waals surface area contributed by atoms with Crippen LogP contribution in [0, 0.1) is 0 Å². The number of carbonyl (C=O) groups excluding carboxylic acids is 1. The predicted molar refractivity (Wildman–Crippen MR) is 82.8 cm³/mol. The fourth-order valence-electron chi connectivity index (χ4n) is 2.29. The molecule has 0 aliphatic carbocycles. The lowest BCUT2D eigenvalue weighted by molar-refractivity contribution is 0.0222. The molecule has 1 aromatic carbocycles. The summed E-state index contributed by atoms with van der Waals surface area (Å²) >= 11 is 7.82. The van der Waals surface area contributed by atoms with Gasteiger partial charge >= 0.3 is 6.03 Å². The number of hydrogen-bond acceptors (Lipinski definition) is 3. The molecule has 2 heterocycles. The molecule has 1 fully saturated rings. The molecule has 0 radical (unpaired) electrons. The Hall–Kier alpha value is -1.30. The number of amides is 2. The maximum atomic E-state index is 12.3. The number of morpholine rings is 1. The highest BCUT2D eigenvalue weighted by atomic mass is 35.5. The van der Waals surface area contributed by atoms with Gasteiger partial charge in [0.25, 0.3) is 0 Å². The molecule has 0 saturated carbocycles. The van der Waals surface area contributed by atoms with Crippen molar-refractivity contribution in [2.45, 2.75) is 13.0 Å². The quantitative estimate of drug-likeness (QED) is 0.870. The molecule has 106 valence electrons. The van der Waals surface area contributed by atoms with Crippen LogP contribution in [0.5, 0.6) is 0 Å². The number of nitrogens with zero attached hydrogens (tertiary/aromatic N) is 1. The van der Waals surface area contributed by atoms with E-state index in [0.29, 0.717) is 29.8 Å². The number of urea groups is 1. The lowest BCUT2D eigenvalue weighted by Gasteiger charge is -2.33. The number of rotatable bonds is 1. The summed E-state index contributed by atoms with van der Waals surface area (Å²) in [5, 5.41) is 5.21. The molecule has 0 spiro atoms. The van der Waals surface area contributed by atoms with Gasteiger partial charge in [-0.05, 0) is 13.0 Å². The second-order valence-electron chi connectivity index (χ2n) is 4.79. The van der Waals surface area contributed by atoms with Crippen molar-refractivity contribution >= 4 is 44.1 Å². The van der Waals surface area contributed by atoms with Gasteiger partial charge in [-0.25, -0.2) is 4.79 Å². The van der Waals surface area contributed by atoms with E-state index in [0.717, 1.165) is 10.1 Å². The van der Waals surface area contributed by atoms with E-state index in [4.69, 9.17) is 16.3 Å². The Morgan fingerprint density at radius 2 is 2.30 bits per heavy atom.